The van der Waals surface area contributed by atoms with Crippen LogP contribution in [0.4, 0.5) is 32.0 Å². The van der Waals surface area contributed by atoms with Crippen LogP contribution >= 0.6 is 11.6 Å². The lowest BCUT2D eigenvalue weighted by atomic mass is 9.84. The van der Waals surface area contributed by atoms with Crippen LogP contribution in [0.15, 0.2) is 164 Å². The maximum atomic E-state index is 14.8. The maximum Gasteiger partial charge on any atom is 0.259 e. The molecule has 3 aliphatic carbocycles. The number of benzene rings is 8. The third-order valence-electron chi connectivity index (χ3n) is 22.5. The van der Waals surface area contributed by atoms with Crippen molar-refractivity contribution in [3.63, 3.8) is 0 Å². The highest BCUT2D eigenvalue weighted by Gasteiger charge is 2.37. The molecule has 3 saturated carbocycles. The number of methoxy groups -OCH3 is 4. The predicted octanol–water partition coefficient (Wildman–Crippen LogP) is 20.1. The van der Waals surface area contributed by atoms with Gasteiger partial charge in [-0.1, -0.05) is 148 Å². The number of hydrogen-bond acceptors (Lipinski definition) is 14. The number of amides is 3. The number of fused-ring (bicyclic) bond motifs is 3. The fraction of sp³-hybridized carbons (Fsp3) is 0.315. The molecule has 3 aromatic heterocycles. The second-order valence-corrected chi connectivity index (χ2v) is 30.3. The van der Waals surface area contributed by atoms with Crippen molar-refractivity contribution in [1.29, 1.82) is 0 Å². The second-order valence-electron chi connectivity index (χ2n) is 29.9. The van der Waals surface area contributed by atoms with Gasteiger partial charge in [-0.15, -0.1) is 0 Å². The standard InChI is InChI=1S/C34H33F2N3O3.C25H23F2N3O.C21H16ClF2N3O3.C12H17N/c1-41-25-16-15-24(30(18-25)42-2)19-39-20-29-32(34(39)40)28(37-33(38-29)31-26(35)9-6-10-27(31)36)17-21-11-13-23(14-12-21)22-7-4-3-5-8-22;26-18-7-4-8-19(27)22(18)24-29-20(23-21(30-24)14-28-25(23)31)13-15-9-11-17(12-10-15)16-5-2-1-3-6-16;1-29-12-7-6-11(16(8-12)30-2)9-27-10-15-18(21(27)28)19(22)26-20(25-15)17-13(23)4-3-5-14(17)24;13-12-8-6-11(7-9-12)10-4-2-1-3-5-10/h6,9-16,18,22H,3-5,7-8,17,19-20H2,1-2H3;4,7-12,16H,1-3,5-6,13-14H2,(H,28,31);3-8H,9-10H2,1-2H3;6-10H,1-5,13H2. The predicted molar refractivity (Wildman–Crippen MR) is 431 cm³/mol. The van der Waals surface area contributed by atoms with Crippen LogP contribution in [0.3, 0.4) is 0 Å². The number of rotatable bonds is 18. The molecule has 6 heterocycles. The van der Waals surface area contributed by atoms with E-state index in [-0.39, 0.29) is 95.3 Å². The number of nitrogen functional groups attached to an aromatic ring is 1. The molecule has 3 N–H and O–H groups in total. The minimum absolute atomic E-state index is 0.0281. The number of aromatic nitrogens is 6. The first kappa shape index (κ1) is 80.9. The Kier molecular flexibility index (Phi) is 25.7. The molecule has 17 rings (SSSR count). The fourth-order valence-corrected chi connectivity index (χ4v) is 16.7. The van der Waals surface area contributed by atoms with Gasteiger partial charge < -0.3 is 39.8 Å². The Bertz CT molecular complexity index is 5350. The lowest BCUT2D eigenvalue weighted by Gasteiger charge is -2.22. The Morgan fingerprint density at radius 1 is 0.405 bits per heavy atom. The van der Waals surface area contributed by atoms with Gasteiger partial charge in [0.15, 0.2) is 17.5 Å². The van der Waals surface area contributed by atoms with Gasteiger partial charge in [-0.25, -0.2) is 56.2 Å². The lowest BCUT2D eigenvalue weighted by molar-refractivity contribution is 0.0757. The van der Waals surface area contributed by atoms with Crippen molar-refractivity contribution >= 4 is 35.0 Å². The highest BCUT2D eigenvalue weighted by Crippen LogP contribution is 2.40. The summed E-state index contributed by atoms with van der Waals surface area (Å²) < 4.78 is 108. The van der Waals surface area contributed by atoms with Gasteiger partial charge in [0.05, 0.1) is 117 Å². The smallest absolute Gasteiger partial charge is 0.259 e. The van der Waals surface area contributed by atoms with Gasteiger partial charge in [-0.05, 0) is 157 Å². The Hall–Kier alpha value is -11.7. The third kappa shape index (κ3) is 18.3. The normalized spacial score (nSPS) is 15.2. The van der Waals surface area contributed by atoms with Crippen LogP contribution in [0.25, 0.3) is 34.2 Å². The van der Waals surface area contributed by atoms with Crippen molar-refractivity contribution in [2.45, 2.75) is 160 Å². The molecule has 3 aliphatic heterocycles. The second kappa shape index (κ2) is 36.8. The summed E-state index contributed by atoms with van der Waals surface area (Å²) in [5, 5.41) is 2.60. The van der Waals surface area contributed by atoms with E-state index < -0.39 is 34.9 Å². The number of nitrogens with two attached hydrogens (primary N) is 1. The topological polar surface area (TPSA) is 210 Å². The van der Waals surface area contributed by atoms with Crippen LogP contribution in [0.5, 0.6) is 23.0 Å². The Morgan fingerprint density at radius 2 is 0.759 bits per heavy atom. The number of carbonyl (C=O) groups is 3. The fourth-order valence-electron chi connectivity index (χ4n) is 16.4. The Morgan fingerprint density at radius 3 is 1.15 bits per heavy atom. The number of halogens is 7. The zero-order valence-electron chi connectivity index (χ0n) is 65.0. The quantitative estimate of drug-likeness (QED) is 0.0465. The molecule has 0 spiro atoms. The minimum atomic E-state index is -0.810. The van der Waals surface area contributed by atoms with Crippen LogP contribution in [-0.2, 0) is 45.6 Å². The summed E-state index contributed by atoms with van der Waals surface area (Å²) in [6.07, 6.45) is 20.3. The molecule has 0 radical (unpaired) electrons. The lowest BCUT2D eigenvalue weighted by Crippen LogP contribution is -2.24. The monoisotopic (exact) mass is 1590 g/mol. The van der Waals surface area contributed by atoms with Crippen LogP contribution < -0.4 is 30.0 Å². The van der Waals surface area contributed by atoms with E-state index in [2.05, 4.69) is 95.9 Å². The van der Waals surface area contributed by atoms with E-state index in [4.69, 9.17) is 36.3 Å². The van der Waals surface area contributed by atoms with Gasteiger partial charge in [0.2, 0.25) is 0 Å². The zero-order valence-corrected chi connectivity index (χ0v) is 65.8. The highest BCUT2D eigenvalue weighted by molar-refractivity contribution is 6.33. The van der Waals surface area contributed by atoms with Gasteiger partial charge in [-0.3, -0.25) is 14.4 Å². The molecule has 3 fully saturated rings. The van der Waals surface area contributed by atoms with Crippen molar-refractivity contribution in [1.82, 2.24) is 45.0 Å². The number of nitrogens with one attached hydrogen (secondary N) is 1. The average Bonchev–Trinajstić information content (AvgIpc) is 1.52. The summed E-state index contributed by atoms with van der Waals surface area (Å²) in [6, 6.07) is 46.8. The highest BCUT2D eigenvalue weighted by atomic mass is 35.5. The molecule has 6 aliphatic rings. The summed E-state index contributed by atoms with van der Waals surface area (Å²) in [5.41, 5.74) is 16.4. The first-order valence-electron chi connectivity index (χ1n) is 39.3. The van der Waals surface area contributed by atoms with Crippen LogP contribution in [0.1, 0.15) is 213 Å². The van der Waals surface area contributed by atoms with Crippen molar-refractivity contribution in [3.05, 3.63) is 288 Å². The summed E-state index contributed by atoms with van der Waals surface area (Å²) in [5.74, 6) is -1.27. The van der Waals surface area contributed by atoms with Gasteiger partial charge in [-0.2, -0.15) is 0 Å². The van der Waals surface area contributed by atoms with Crippen molar-refractivity contribution in [2.24, 2.45) is 0 Å². The van der Waals surface area contributed by atoms with Crippen molar-refractivity contribution in [3.8, 4) is 57.2 Å². The minimum Gasteiger partial charge on any atom is -0.497 e. The summed E-state index contributed by atoms with van der Waals surface area (Å²) >= 11 is 6.21. The van der Waals surface area contributed by atoms with E-state index in [1.54, 1.807) is 50.5 Å². The molecule has 598 valence electrons. The summed E-state index contributed by atoms with van der Waals surface area (Å²) in [6.45, 7) is 1.02. The molecule has 11 aromatic rings. The van der Waals surface area contributed by atoms with Gasteiger partial charge in [0.25, 0.3) is 17.7 Å². The SMILES string of the molecule is COc1ccc(CN2Cc3nc(-c4c(F)cccc4F)nc(Cc4ccc(C5CCCCC5)cc4)c3C2=O)c(OC)c1.COc1ccc(CN2Cc3nc(-c4c(F)cccc4F)nc(Cl)c3C2=O)c(OC)c1.Nc1ccc(C2CCCCC2)cc1.O=C1NCc2nc(-c3c(F)cccc3F)nc(Cc3ccc(C4CCCCC4)cc3)c21. The van der Waals surface area contributed by atoms with Crippen molar-refractivity contribution in [2.75, 3.05) is 34.2 Å². The molecule has 24 heteroatoms. The van der Waals surface area contributed by atoms with Gasteiger partial charge >= 0.3 is 0 Å². The van der Waals surface area contributed by atoms with E-state index in [1.807, 2.05) is 24.3 Å². The van der Waals surface area contributed by atoms with Gasteiger partial charge in [0.1, 0.15) is 68.6 Å². The number of carbonyl (C=O) groups excluding carboxylic acids is 3. The molecular formula is C92H89ClF6N10O7. The van der Waals surface area contributed by atoms with E-state index >= 15 is 0 Å². The number of hydrogen-bond donors (Lipinski definition) is 2. The molecule has 0 bridgehead atoms. The van der Waals surface area contributed by atoms with E-state index in [0.29, 0.717) is 87.3 Å². The third-order valence-corrected chi connectivity index (χ3v) is 22.8. The Balaban J connectivity index is 0.000000135. The summed E-state index contributed by atoms with van der Waals surface area (Å²) in [4.78, 5) is 68.3. The summed E-state index contributed by atoms with van der Waals surface area (Å²) in [7, 11) is 6.22. The van der Waals surface area contributed by atoms with Crippen molar-refractivity contribution < 1.29 is 59.7 Å². The van der Waals surface area contributed by atoms with E-state index in [0.717, 1.165) is 46.0 Å². The molecular weight excluding hydrogens is 1510 g/mol. The number of nitrogens with zero attached hydrogens (tertiary/aromatic N) is 8. The maximum absolute atomic E-state index is 14.8. The first-order valence-corrected chi connectivity index (χ1v) is 39.7. The molecule has 8 aromatic carbocycles. The van der Waals surface area contributed by atoms with Gasteiger partial charge in [0, 0.05) is 41.8 Å². The molecule has 0 unspecified atom stereocenters. The first-order chi connectivity index (χ1) is 56.3. The van der Waals surface area contributed by atoms with E-state index in [1.165, 1.54) is 167 Å². The zero-order chi connectivity index (χ0) is 81.1. The molecule has 0 saturated heterocycles. The van der Waals surface area contributed by atoms with Crippen LogP contribution in [0, 0.1) is 34.9 Å². The molecule has 0 atom stereocenters. The number of ether oxygens (including phenoxy) is 4. The molecule has 17 nitrogen and oxygen atoms in total. The average molecular weight is 1600 g/mol. The molecule has 3 amide bonds. The largest absolute Gasteiger partial charge is 0.497 e. The molecule has 116 heavy (non-hydrogen) atoms. The van der Waals surface area contributed by atoms with Crippen LogP contribution in [0.2, 0.25) is 5.15 Å². The van der Waals surface area contributed by atoms with E-state index in [9.17, 15) is 40.7 Å². The van der Waals surface area contributed by atoms with Crippen LogP contribution in [-0.4, -0.2) is 85.9 Å². The Labute approximate surface area is 675 Å². The number of anilines is 1.